The minimum absolute atomic E-state index is 0.0962. The van der Waals surface area contributed by atoms with E-state index in [0.717, 1.165) is 17.8 Å². The summed E-state index contributed by atoms with van der Waals surface area (Å²) < 4.78 is 7.18. The zero-order chi connectivity index (χ0) is 17.3. The molecule has 1 aliphatic rings. The van der Waals surface area contributed by atoms with Crippen molar-refractivity contribution in [3.8, 4) is 0 Å². The Morgan fingerprint density at radius 1 is 1.42 bits per heavy atom. The van der Waals surface area contributed by atoms with E-state index in [4.69, 9.17) is 10.5 Å². The summed E-state index contributed by atoms with van der Waals surface area (Å²) in [6, 6.07) is 5.73. The number of aryl methyl sites for hydroxylation is 1. The zero-order valence-electron chi connectivity index (χ0n) is 14.0. The summed E-state index contributed by atoms with van der Waals surface area (Å²) >= 11 is 0. The van der Waals surface area contributed by atoms with Gasteiger partial charge >= 0.3 is 0 Å². The summed E-state index contributed by atoms with van der Waals surface area (Å²) in [5.41, 5.74) is 6.84. The molecule has 2 amide bonds. The third kappa shape index (κ3) is 2.75. The number of pyridine rings is 1. The molecule has 1 saturated heterocycles. The minimum atomic E-state index is -0.678. The molecule has 1 fully saturated rings. The number of hydrogen-bond donors (Lipinski definition) is 1. The van der Waals surface area contributed by atoms with E-state index in [-0.39, 0.29) is 18.9 Å². The molecular formula is C17H22N4O3. The Labute approximate surface area is 140 Å². The van der Waals surface area contributed by atoms with Crippen LogP contribution in [0.15, 0.2) is 24.4 Å². The number of hydrogen-bond acceptors (Lipinski definition) is 4. The van der Waals surface area contributed by atoms with Gasteiger partial charge in [0.1, 0.15) is 11.3 Å². The maximum Gasteiger partial charge on any atom is 0.274 e. The highest BCUT2D eigenvalue weighted by Crippen LogP contribution is 2.34. The van der Waals surface area contributed by atoms with E-state index in [2.05, 4.69) is 4.98 Å². The molecule has 7 heteroatoms. The molecule has 3 rings (SSSR count). The van der Waals surface area contributed by atoms with Gasteiger partial charge in [-0.1, -0.05) is 6.07 Å². The van der Waals surface area contributed by atoms with E-state index in [1.54, 1.807) is 18.2 Å². The van der Waals surface area contributed by atoms with Crippen LogP contribution < -0.4 is 5.73 Å². The van der Waals surface area contributed by atoms with Crippen molar-refractivity contribution < 1.29 is 14.3 Å². The van der Waals surface area contributed by atoms with Crippen LogP contribution in [-0.2, 0) is 9.53 Å². The van der Waals surface area contributed by atoms with Gasteiger partial charge < -0.3 is 19.8 Å². The normalized spacial score (nSPS) is 20.7. The van der Waals surface area contributed by atoms with Crippen molar-refractivity contribution in [3.63, 3.8) is 0 Å². The smallest absolute Gasteiger partial charge is 0.274 e. The standard InChI is InChI=1S/C17H22N4O3/c1-12-5-3-6-15-19-13(10-20(12)15)16(23)21-8-4-7-17(21,11-24-2)9-14(18)22/h3,5-6,10H,4,7-9,11H2,1-2H3,(H2,18,22). The number of carbonyl (C=O) groups is 2. The minimum Gasteiger partial charge on any atom is -0.382 e. The van der Waals surface area contributed by atoms with E-state index in [1.165, 1.54) is 0 Å². The summed E-state index contributed by atoms with van der Waals surface area (Å²) in [7, 11) is 1.57. The van der Waals surface area contributed by atoms with Gasteiger partial charge in [0.25, 0.3) is 5.91 Å². The molecule has 0 saturated carbocycles. The zero-order valence-corrected chi connectivity index (χ0v) is 14.0. The average molecular weight is 330 g/mol. The molecule has 128 valence electrons. The second kappa shape index (κ2) is 6.24. The van der Waals surface area contributed by atoms with Gasteiger partial charge in [-0.05, 0) is 31.9 Å². The average Bonchev–Trinajstić information content (AvgIpc) is 3.11. The van der Waals surface area contributed by atoms with Crippen molar-refractivity contribution in [2.75, 3.05) is 20.3 Å². The topological polar surface area (TPSA) is 89.9 Å². The highest BCUT2D eigenvalue weighted by Gasteiger charge is 2.45. The maximum absolute atomic E-state index is 13.0. The highest BCUT2D eigenvalue weighted by atomic mass is 16.5. The molecular weight excluding hydrogens is 308 g/mol. The molecule has 2 aromatic rings. The van der Waals surface area contributed by atoms with Crippen molar-refractivity contribution in [3.05, 3.63) is 35.8 Å². The lowest BCUT2D eigenvalue weighted by atomic mass is 9.92. The molecule has 7 nitrogen and oxygen atoms in total. The second-order valence-corrected chi connectivity index (χ2v) is 6.38. The number of fused-ring (bicyclic) bond motifs is 1. The molecule has 1 unspecified atom stereocenters. The number of nitrogens with two attached hydrogens (primary N) is 1. The van der Waals surface area contributed by atoms with Crippen LogP contribution in [-0.4, -0.2) is 51.9 Å². The molecule has 0 aromatic carbocycles. The predicted molar refractivity (Wildman–Crippen MR) is 88.6 cm³/mol. The number of amides is 2. The molecule has 1 atom stereocenters. The number of likely N-dealkylation sites (tertiary alicyclic amines) is 1. The van der Waals surface area contributed by atoms with Gasteiger partial charge in [-0.15, -0.1) is 0 Å². The molecule has 2 aromatic heterocycles. The summed E-state index contributed by atoms with van der Waals surface area (Å²) in [4.78, 5) is 30.7. The molecule has 0 aliphatic carbocycles. The summed E-state index contributed by atoms with van der Waals surface area (Å²) in [6.07, 6.45) is 3.35. The van der Waals surface area contributed by atoms with E-state index < -0.39 is 11.4 Å². The summed E-state index contributed by atoms with van der Waals surface area (Å²) in [5, 5.41) is 0. The lowest BCUT2D eigenvalue weighted by molar-refractivity contribution is -0.121. The number of methoxy groups -OCH3 is 1. The first-order valence-corrected chi connectivity index (χ1v) is 8.01. The van der Waals surface area contributed by atoms with Crippen LogP contribution in [0.3, 0.4) is 0 Å². The molecule has 0 radical (unpaired) electrons. The molecule has 3 heterocycles. The van der Waals surface area contributed by atoms with E-state index >= 15 is 0 Å². The van der Waals surface area contributed by atoms with Crippen LogP contribution in [0.4, 0.5) is 0 Å². The number of nitrogens with zero attached hydrogens (tertiary/aromatic N) is 3. The molecule has 0 bridgehead atoms. The Morgan fingerprint density at radius 3 is 2.88 bits per heavy atom. The Kier molecular flexibility index (Phi) is 4.28. The fourth-order valence-corrected chi connectivity index (χ4v) is 3.62. The number of rotatable bonds is 5. The first kappa shape index (κ1) is 16.4. The third-order valence-corrected chi connectivity index (χ3v) is 4.67. The van der Waals surface area contributed by atoms with Crippen molar-refractivity contribution in [1.29, 1.82) is 0 Å². The lowest BCUT2D eigenvalue weighted by Crippen LogP contribution is -2.52. The SMILES string of the molecule is COCC1(CC(N)=O)CCCN1C(=O)c1cn2c(C)cccc2n1. The van der Waals surface area contributed by atoms with E-state index in [0.29, 0.717) is 18.7 Å². The quantitative estimate of drug-likeness (QED) is 0.890. The van der Waals surface area contributed by atoms with Crippen LogP contribution >= 0.6 is 0 Å². The van der Waals surface area contributed by atoms with Crippen molar-refractivity contribution >= 4 is 17.5 Å². The van der Waals surface area contributed by atoms with Crippen LogP contribution in [0.5, 0.6) is 0 Å². The number of aromatic nitrogens is 2. The number of ether oxygens (including phenoxy) is 1. The van der Waals surface area contributed by atoms with Crippen molar-refractivity contribution in [2.24, 2.45) is 5.73 Å². The highest BCUT2D eigenvalue weighted by molar-refractivity contribution is 5.94. The molecule has 24 heavy (non-hydrogen) atoms. The molecule has 0 spiro atoms. The first-order valence-electron chi connectivity index (χ1n) is 8.01. The third-order valence-electron chi connectivity index (χ3n) is 4.67. The molecule has 2 N–H and O–H groups in total. The maximum atomic E-state index is 13.0. The monoisotopic (exact) mass is 330 g/mol. The van der Waals surface area contributed by atoms with Crippen LogP contribution in [0.2, 0.25) is 0 Å². The van der Waals surface area contributed by atoms with Crippen LogP contribution in [0.25, 0.3) is 5.65 Å². The largest absolute Gasteiger partial charge is 0.382 e. The van der Waals surface area contributed by atoms with E-state index in [9.17, 15) is 9.59 Å². The van der Waals surface area contributed by atoms with Gasteiger partial charge in [-0.3, -0.25) is 9.59 Å². The fourth-order valence-electron chi connectivity index (χ4n) is 3.62. The Bertz CT molecular complexity index is 785. The fraction of sp³-hybridized carbons (Fsp3) is 0.471. The van der Waals surface area contributed by atoms with Crippen LogP contribution in [0, 0.1) is 6.92 Å². The Morgan fingerprint density at radius 2 is 2.21 bits per heavy atom. The van der Waals surface area contributed by atoms with Gasteiger partial charge in [0.2, 0.25) is 5.91 Å². The Balaban J connectivity index is 1.96. The van der Waals surface area contributed by atoms with E-state index in [1.807, 2.05) is 29.5 Å². The van der Waals surface area contributed by atoms with Crippen molar-refractivity contribution in [1.82, 2.24) is 14.3 Å². The number of primary amides is 1. The number of imidazole rings is 1. The van der Waals surface area contributed by atoms with Crippen LogP contribution in [0.1, 0.15) is 35.4 Å². The van der Waals surface area contributed by atoms with Gasteiger partial charge in [-0.25, -0.2) is 4.98 Å². The second-order valence-electron chi connectivity index (χ2n) is 6.38. The van der Waals surface area contributed by atoms with Gasteiger partial charge in [-0.2, -0.15) is 0 Å². The summed E-state index contributed by atoms with van der Waals surface area (Å²) in [5.74, 6) is -0.619. The Hall–Kier alpha value is -2.41. The van der Waals surface area contributed by atoms with Gasteiger partial charge in [0.15, 0.2) is 0 Å². The lowest BCUT2D eigenvalue weighted by Gasteiger charge is -2.36. The predicted octanol–water partition coefficient (Wildman–Crippen LogP) is 1.14. The van der Waals surface area contributed by atoms with Gasteiger partial charge in [0, 0.05) is 25.5 Å². The van der Waals surface area contributed by atoms with Crippen molar-refractivity contribution in [2.45, 2.75) is 31.7 Å². The number of carbonyl (C=O) groups excluding carboxylic acids is 2. The molecule has 1 aliphatic heterocycles. The first-order chi connectivity index (χ1) is 11.5. The summed E-state index contributed by atoms with van der Waals surface area (Å²) in [6.45, 7) is 2.82. The van der Waals surface area contributed by atoms with Gasteiger partial charge in [0.05, 0.1) is 18.6 Å².